The van der Waals surface area contributed by atoms with Gasteiger partial charge in [-0.3, -0.25) is 0 Å². The van der Waals surface area contributed by atoms with Gasteiger partial charge < -0.3 is 10.5 Å². The van der Waals surface area contributed by atoms with Crippen LogP contribution in [0.3, 0.4) is 0 Å². The summed E-state index contributed by atoms with van der Waals surface area (Å²) in [5.74, 6) is 0.472. The molecule has 0 amide bonds. The van der Waals surface area contributed by atoms with Gasteiger partial charge in [-0.25, -0.2) is 13.1 Å². The number of nitrogens with two attached hydrogens (primary N) is 1. The van der Waals surface area contributed by atoms with Gasteiger partial charge in [-0.15, -0.1) is 10.2 Å². The molecular weight excluding hydrogens is 284 g/mol. The first kappa shape index (κ1) is 14.4. The number of hydrogen-bond donors (Lipinski definition) is 3. The maximum absolute atomic E-state index is 12.2. The molecule has 0 saturated carbocycles. The first-order chi connectivity index (χ1) is 9.56. The van der Waals surface area contributed by atoms with Crippen LogP contribution < -0.4 is 15.2 Å². The Morgan fingerprint density at radius 2 is 2.25 bits per heavy atom. The van der Waals surface area contributed by atoms with Gasteiger partial charge in [0.15, 0.2) is 5.82 Å². The summed E-state index contributed by atoms with van der Waals surface area (Å²) in [4.78, 5) is 0.0284. The van der Waals surface area contributed by atoms with Crippen LogP contribution in [-0.2, 0) is 23.1 Å². The number of sulfonamides is 1. The SMILES string of the molecule is COc1cc(CN)ccc1S(=O)(=O)NCc1nn[nH]n1. The molecule has 4 N–H and O–H groups in total. The molecule has 1 aromatic heterocycles. The molecule has 0 radical (unpaired) electrons. The number of nitrogens with zero attached hydrogens (tertiary/aromatic N) is 3. The van der Waals surface area contributed by atoms with Gasteiger partial charge in [0.2, 0.25) is 10.0 Å². The van der Waals surface area contributed by atoms with Crippen molar-refractivity contribution in [1.29, 1.82) is 0 Å². The Morgan fingerprint density at radius 1 is 1.45 bits per heavy atom. The van der Waals surface area contributed by atoms with Crippen molar-refractivity contribution in [3.8, 4) is 5.75 Å². The van der Waals surface area contributed by atoms with Crippen molar-refractivity contribution >= 4 is 10.0 Å². The first-order valence-corrected chi connectivity index (χ1v) is 7.14. The second-order valence-electron chi connectivity index (χ2n) is 3.84. The zero-order chi connectivity index (χ0) is 14.6. The second-order valence-corrected chi connectivity index (χ2v) is 5.58. The van der Waals surface area contributed by atoms with Crippen molar-refractivity contribution < 1.29 is 13.2 Å². The minimum Gasteiger partial charge on any atom is -0.495 e. The number of tetrazole rings is 1. The number of benzene rings is 1. The highest BCUT2D eigenvalue weighted by Crippen LogP contribution is 2.24. The van der Waals surface area contributed by atoms with Gasteiger partial charge in [-0.1, -0.05) is 11.3 Å². The normalized spacial score (nSPS) is 11.5. The molecule has 0 unspecified atom stereocenters. The van der Waals surface area contributed by atoms with Crippen molar-refractivity contribution in [1.82, 2.24) is 25.3 Å². The van der Waals surface area contributed by atoms with E-state index in [-0.39, 0.29) is 23.0 Å². The largest absolute Gasteiger partial charge is 0.495 e. The van der Waals surface area contributed by atoms with E-state index in [9.17, 15) is 8.42 Å². The highest BCUT2D eigenvalue weighted by Gasteiger charge is 2.20. The Hall–Kier alpha value is -2.04. The van der Waals surface area contributed by atoms with E-state index in [0.29, 0.717) is 6.54 Å². The number of aromatic amines is 1. The van der Waals surface area contributed by atoms with Gasteiger partial charge in [0, 0.05) is 6.54 Å². The quantitative estimate of drug-likeness (QED) is 0.631. The molecular formula is C10H14N6O3S. The molecule has 0 atom stereocenters. The number of hydrogen-bond acceptors (Lipinski definition) is 7. The second kappa shape index (κ2) is 5.94. The van der Waals surface area contributed by atoms with Gasteiger partial charge in [-0.2, -0.15) is 5.21 Å². The Balaban J connectivity index is 2.24. The molecule has 0 spiro atoms. The highest BCUT2D eigenvalue weighted by atomic mass is 32.2. The van der Waals surface area contributed by atoms with Crippen molar-refractivity contribution in [3.05, 3.63) is 29.6 Å². The molecule has 2 rings (SSSR count). The van der Waals surface area contributed by atoms with Crippen LogP contribution in [0, 0.1) is 0 Å². The third-order valence-corrected chi connectivity index (χ3v) is 4.00. The lowest BCUT2D eigenvalue weighted by Gasteiger charge is -2.11. The van der Waals surface area contributed by atoms with Gasteiger partial charge in [0.1, 0.15) is 10.6 Å². The fraction of sp³-hybridized carbons (Fsp3) is 0.300. The summed E-state index contributed by atoms with van der Waals surface area (Å²) >= 11 is 0. The Kier molecular flexibility index (Phi) is 4.27. The van der Waals surface area contributed by atoms with E-state index >= 15 is 0 Å². The summed E-state index contributed by atoms with van der Waals surface area (Å²) < 4.78 is 31.8. The minimum absolute atomic E-state index is 0.0284. The monoisotopic (exact) mass is 298 g/mol. The molecule has 20 heavy (non-hydrogen) atoms. The minimum atomic E-state index is -3.74. The first-order valence-electron chi connectivity index (χ1n) is 5.66. The zero-order valence-corrected chi connectivity index (χ0v) is 11.5. The number of H-pyrrole nitrogens is 1. The van der Waals surface area contributed by atoms with Crippen LogP contribution in [0.4, 0.5) is 0 Å². The van der Waals surface area contributed by atoms with E-state index in [2.05, 4.69) is 25.3 Å². The predicted octanol–water partition coefficient (Wildman–Crippen LogP) is -0.854. The summed E-state index contributed by atoms with van der Waals surface area (Å²) in [7, 11) is -2.34. The van der Waals surface area contributed by atoms with Gasteiger partial charge in [-0.05, 0) is 17.7 Å². The summed E-state index contributed by atoms with van der Waals surface area (Å²) in [5.41, 5.74) is 6.28. The molecule has 0 aliphatic heterocycles. The molecule has 0 bridgehead atoms. The van der Waals surface area contributed by atoms with E-state index in [4.69, 9.17) is 10.5 Å². The fourth-order valence-corrected chi connectivity index (χ4v) is 2.68. The average molecular weight is 298 g/mol. The molecule has 0 saturated heterocycles. The number of nitrogens with one attached hydrogen (secondary N) is 2. The summed E-state index contributed by atoms with van der Waals surface area (Å²) in [6.45, 7) is 0.230. The Morgan fingerprint density at radius 3 is 2.85 bits per heavy atom. The maximum Gasteiger partial charge on any atom is 0.244 e. The number of ether oxygens (including phenoxy) is 1. The van der Waals surface area contributed by atoms with Crippen molar-refractivity contribution in [2.45, 2.75) is 18.0 Å². The van der Waals surface area contributed by atoms with Crippen LogP contribution in [0.2, 0.25) is 0 Å². The third-order valence-electron chi connectivity index (χ3n) is 2.56. The van der Waals surface area contributed by atoms with Crippen LogP contribution in [0.25, 0.3) is 0 Å². The Labute approximate surface area is 115 Å². The Bertz CT molecular complexity index is 670. The van der Waals surface area contributed by atoms with Gasteiger partial charge >= 0.3 is 0 Å². The molecule has 1 heterocycles. The van der Waals surface area contributed by atoms with E-state index in [0.717, 1.165) is 5.56 Å². The van der Waals surface area contributed by atoms with E-state index in [1.165, 1.54) is 13.2 Å². The van der Waals surface area contributed by atoms with Crippen LogP contribution in [-0.4, -0.2) is 36.2 Å². The van der Waals surface area contributed by atoms with Crippen LogP contribution in [0.15, 0.2) is 23.1 Å². The standard InChI is InChI=1S/C10H14N6O3S/c1-19-8-4-7(5-11)2-3-9(8)20(17,18)12-6-10-13-15-16-14-10/h2-4,12H,5-6,11H2,1H3,(H,13,14,15,16). The molecule has 0 fully saturated rings. The van der Waals surface area contributed by atoms with E-state index in [1.54, 1.807) is 12.1 Å². The van der Waals surface area contributed by atoms with Crippen molar-refractivity contribution in [3.63, 3.8) is 0 Å². The zero-order valence-electron chi connectivity index (χ0n) is 10.7. The van der Waals surface area contributed by atoms with Gasteiger partial charge in [0.25, 0.3) is 0 Å². The van der Waals surface area contributed by atoms with Crippen molar-refractivity contribution in [2.75, 3.05) is 7.11 Å². The number of rotatable bonds is 6. The summed E-state index contributed by atoms with van der Waals surface area (Å²) in [6.07, 6.45) is 0. The smallest absolute Gasteiger partial charge is 0.244 e. The molecule has 2 aromatic rings. The molecule has 108 valence electrons. The topological polar surface area (TPSA) is 136 Å². The molecule has 10 heteroatoms. The van der Waals surface area contributed by atoms with Gasteiger partial charge in [0.05, 0.1) is 13.7 Å². The third kappa shape index (κ3) is 3.10. The van der Waals surface area contributed by atoms with Crippen LogP contribution in [0.1, 0.15) is 11.4 Å². The number of methoxy groups -OCH3 is 1. The molecule has 1 aromatic carbocycles. The van der Waals surface area contributed by atoms with Crippen molar-refractivity contribution in [2.24, 2.45) is 5.73 Å². The van der Waals surface area contributed by atoms with Crippen LogP contribution in [0.5, 0.6) is 5.75 Å². The van der Waals surface area contributed by atoms with Crippen LogP contribution >= 0.6 is 0 Å². The lowest BCUT2D eigenvalue weighted by atomic mass is 10.2. The maximum atomic E-state index is 12.2. The summed E-state index contributed by atoms with van der Waals surface area (Å²) in [5, 5.41) is 12.9. The highest BCUT2D eigenvalue weighted by molar-refractivity contribution is 7.89. The lowest BCUT2D eigenvalue weighted by Crippen LogP contribution is -2.24. The van der Waals surface area contributed by atoms with E-state index < -0.39 is 10.0 Å². The summed E-state index contributed by atoms with van der Waals surface area (Å²) in [6, 6.07) is 4.66. The fourth-order valence-electron chi connectivity index (χ4n) is 1.56. The molecule has 0 aliphatic rings. The van der Waals surface area contributed by atoms with E-state index in [1.807, 2.05) is 0 Å². The molecule has 9 nitrogen and oxygen atoms in total. The average Bonchev–Trinajstić information content (AvgIpc) is 2.97. The predicted molar refractivity (Wildman–Crippen MR) is 69.1 cm³/mol. The number of aromatic nitrogens is 4. The lowest BCUT2D eigenvalue weighted by molar-refractivity contribution is 0.401. The molecule has 0 aliphatic carbocycles.